The second-order valence-electron chi connectivity index (χ2n) is 14.0. The topological polar surface area (TPSA) is 56.7 Å². The van der Waals surface area contributed by atoms with Crippen molar-refractivity contribution in [3.8, 4) is 62.1 Å². The second kappa shape index (κ2) is 13.0. The number of rotatable bonds is 6. The van der Waals surface area contributed by atoms with Crippen molar-refractivity contribution in [2.75, 3.05) is 0 Å². The van der Waals surface area contributed by atoms with Crippen LogP contribution in [0.25, 0.3) is 106 Å². The third-order valence-electron chi connectivity index (χ3n) is 10.6. The molecule has 0 unspecified atom stereocenters. The molecule has 0 saturated heterocycles. The first-order valence-corrected chi connectivity index (χ1v) is 18.8. The van der Waals surface area contributed by atoms with E-state index >= 15 is 0 Å². The molecule has 0 saturated carbocycles. The van der Waals surface area contributed by atoms with Crippen molar-refractivity contribution in [1.29, 1.82) is 0 Å². The van der Waals surface area contributed by atoms with Gasteiger partial charge in [-0.15, -0.1) is 0 Å². The van der Waals surface area contributed by atoms with Crippen LogP contribution >= 0.6 is 0 Å². The SMILES string of the molecule is c1ccc(-c2cccc(-c3nc(-c4cccc(-c5ccccc5)c4)nc(-c4cccc5oc6cc7c8ccccc8n(-c8ccccc8)c7cc6c45)n3)c2)cc1. The summed E-state index contributed by atoms with van der Waals surface area (Å²) in [5.74, 6) is 1.78. The Hall–Kier alpha value is -7.63. The Bertz CT molecular complexity index is 3140. The fraction of sp³-hybridized carbons (Fsp3) is 0. The summed E-state index contributed by atoms with van der Waals surface area (Å²) >= 11 is 0. The van der Waals surface area contributed by atoms with Crippen molar-refractivity contribution in [2.24, 2.45) is 0 Å². The molecule has 11 aromatic rings. The average molecular weight is 717 g/mol. The third kappa shape index (κ3) is 5.37. The molecule has 3 aromatic heterocycles. The zero-order valence-corrected chi connectivity index (χ0v) is 30.2. The van der Waals surface area contributed by atoms with Crippen LogP contribution in [0.4, 0.5) is 0 Å². The van der Waals surface area contributed by atoms with E-state index in [4.69, 9.17) is 19.4 Å². The Labute approximate surface area is 322 Å². The van der Waals surface area contributed by atoms with Crippen LogP contribution in [0.15, 0.2) is 199 Å². The Morgan fingerprint density at radius 3 is 1.54 bits per heavy atom. The van der Waals surface area contributed by atoms with Gasteiger partial charge in [-0.05, 0) is 70.8 Å². The first-order valence-electron chi connectivity index (χ1n) is 18.8. The standard InChI is InChI=1S/C51H32N4O/c1-4-15-33(16-5-1)35-19-12-21-37(29-35)49-52-50(38-22-13-20-36(30-38)34-17-6-2-7-18-34)54-51(53-49)41-26-14-28-46-48(41)43-31-45-42(32-47(43)56-46)40-25-10-11-27-44(40)55(45)39-23-8-3-9-24-39/h1-32H. The monoisotopic (exact) mass is 716 g/mol. The van der Waals surface area contributed by atoms with Crippen LogP contribution in [0.1, 0.15) is 0 Å². The Morgan fingerprint density at radius 1 is 0.339 bits per heavy atom. The molecule has 11 rings (SSSR count). The van der Waals surface area contributed by atoms with Gasteiger partial charge in [0.25, 0.3) is 0 Å². The number of hydrogen-bond donors (Lipinski definition) is 0. The average Bonchev–Trinajstić information content (AvgIpc) is 3.81. The summed E-state index contributed by atoms with van der Waals surface area (Å²) in [4.78, 5) is 15.6. The lowest BCUT2D eigenvalue weighted by atomic mass is 10.0. The summed E-state index contributed by atoms with van der Waals surface area (Å²) in [6.45, 7) is 0. The number of benzene rings is 8. The molecule has 262 valence electrons. The lowest BCUT2D eigenvalue weighted by Gasteiger charge is -2.11. The fourth-order valence-electron chi connectivity index (χ4n) is 8.02. The van der Waals surface area contributed by atoms with Crippen LogP contribution in [0, 0.1) is 0 Å². The molecule has 0 spiro atoms. The number of furan rings is 1. The van der Waals surface area contributed by atoms with Crippen molar-refractivity contribution in [2.45, 2.75) is 0 Å². The molecular formula is C51H32N4O. The van der Waals surface area contributed by atoms with E-state index in [0.717, 1.165) is 83.0 Å². The minimum atomic E-state index is 0.581. The molecule has 5 nitrogen and oxygen atoms in total. The van der Waals surface area contributed by atoms with E-state index in [1.165, 1.54) is 5.39 Å². The maximum absolute atomic E-state index is 6.67. The number of fused-ring (bicyclic) bond motifs is 6. The molecule has 0 aliphatic rings. The highest BCUT2D eigenvalue weighted by molar-refractivity contribution is 6.19. The molecule has 0 atom stereocenters. The molecule has 0 aliphatic heterocycles. The summed E-state index contributed by atoms with van der Waals surface area (Å²) in [7, 11) is 0. The van der Waals surface area contributed by atoms with Gasteiger partial charge in [0, 0.05) is 43.9 Å². The van der Waals surface area contributed by atoms with Gasteiger partial charge in [0.2, 0.25) is 0 Å². The van der Waals surface area contributed by atoms with E-state index in [1.807, 2.05) is 24.3 Å². The van der Waals surface area contributed by atoms with Gasteiger partial charge >= 0.3 is 0 Å². The van der Waals surface area contributed by atoms with Crippen molar-refractivity contribution in [3.05, 3.63) is 194 Å². The molecule has 0 amide bonds. The highest BCUT2D eigenvalue weighted by Crippen LogP contribution is 2.41. The summed E-state index contributed by atoms with van der Waals surface area (Å²) in [6.07, 6.45) is 0. The van der Waals surface area contributed by atoms with Gasteiger partial charge < -0.3 is 8.98 Å². The molecule has 0 radical (unpaired) electrons. The van der Waals surface area contributed by atoms with E-state index in [9.17, 15) is 0 Å². The molecule has 56 heavy (non-hydrogen) atoms. The van der Waals surface area contributed by atoms with E-state index < -0.39 is 0 Å². The van der Waals surface area contributed by atoms with Gasteiger partial charge in [-0.2, -0.15) is 0 Å². The first kappa shape index (κ1) is 31.9. The molecule has 8 aromatic carbocycles. The summed E-state index contributed by atoms with van der Waals surface area (Å²) in [6, 6.07) is 67.3. The van der Waals surface area contributed by atoms with E-state index in [0.29, 0.717) is 17.5 Å². The van der Waals surface area contributed by atoms with Crippen LogP contribution in [0.2, 0.25) is 0 Å². The normalized spacial score (nSPS) is 11.6. The van der Waals surface area contributed by atoms with Crippen LogP contribution < -0.4 is 0 Å². The minimum Gasteiger partial charge on any atom is -0.456 e. The molecule has 0 N–H and O–H groups in total. The molecule has 0 aliphatic carbocycles. The predicted molar refractivity (Wildman–Crippen MR) is 229 cm³/mol. The highest BCUT2D eigenvalue weighted by Gasteiger charge is 2.21. The quantitative estimate of drug-likeness (QED) is 0.172. The van der Waals surface area contributed by atoms with Gasteiger partial charge in [0.1, 0.15) is 11.2 Å². The van der Waals surface area contributed by atoms with Gasteiger partial charge in [-0.3, -0.25) is 0 Å². The molecule has 0 fully saturated rings. The Kier molecular flexibility index (Phi) is 7.42. The Balaban J connectivity index is 1.16. The van der Waals surface area contributed by atoms with E-state index in [-0.39, 0.29) is 0 Å². The van der Waals surface area contributed by atoms with Crippen molar-refractivity contribution >= 4 is 43.7 Å². The van der Waals surface area contributed by atoms with Gasteiger partial charge in [-0.25, -0.2) is 15.0 Å². The summed E-state index contributed by atoms with van der Waals surface area (Å²) in [5.41, 5.74) is 12.1. The number of nitrogens with zero attached hydrogens (tertiary/aromatic N) is 4. The maximum Gasteiger partial charge on any atom is 0.164 e. The molecule has 5 heteroatoms. The van der Waals surface area contributed by atoms with E-state index in [1.54, 1.807) is 0 Å². The zero-order chi connectivity index (χ0) is 37.0. The molecular weight excluding hydrogens is 685 g/mol. The van der Waals surface area contributed by atoms with Gasteiger partial charge in [-0.1, -0.05) is 146 Å². The van der Waals surface area contributed by atoms with Crippen LogP contribution in [0.5, 0.6) is 0 Å². The largest absolute Gasteiger partial charge is 0.456 e. The van der Waals surface area contributed by atoms with Crippen molar-refractivity contribution < 1.29 is 4.42 Å². The molecule has 0 bridgehead atoms. The van der Waals surface area contributed by atoms with Crippen LogP contribution in [0.3, 0.4) is 0 Å². The number of para-hydroxylation sites is 2. The van der Waals surface area contributed by atoms with Crippen molar-refractivity contribution in [3.63, 3.8) is 0 Å². The van der Waals surface area contributed by atoms with Gasteiger partial charge in [0.05, 0.1) is 11.0 Å². The summed E-state index contributed by atoms with van der Waals surface area (Å²) < 4.78 is 9.00. The lowest BCUT2D eigenvalue weighted by molar-refractivity contribution is 0.669. The smallest absolute Gasteiger partial charge is 0.164 e. The zero-order valence-electron chi connectivity index (χ0n) is 30.2. The summed E-state index contributed by atoms with van der Waals surface area (Å²) in [5, 5.41) is 4.28. The Morgan fingerprint density at radius 2 is 0.875 bits per heavy atom. The van der Waals surface area contributed by atoms with Crippen LogP contribution in [-0.4, -0.2) is 19.5 Å². The number of aromatic nitrogens is 4. The third-order valence-corrected chi connectivity index (χ3v) is 10.6. The molecule has 3 heterocycles. The fourth-order valence-corrected chi connectivity index (χ4v) is 8.02. The van der Waals surface area contributed by atoms with Crippen LogP contribution in [-0.2, 0) is 0 Å². The predicted octanol–water partition coefficient (Wildman–Crippen LogP) is 13.2. The van der Waals surface area contributed by atoms with Gasteiger partial charge in [0.15, 0.2) is 17.5 Å². The maximum atomic E-state index is 6.67. The number of hydrogen-bond acceptors (Lipinski definition) is 4. The lowest BCUT2D eigenvalue weighted by Crippen LogP contribution is -2.00. The minimum absolute atomic E-state index is 0.581. The van der Waals surface area contributed by atoms with E-state index in [2.05, 4.69) is 174 Å². The second-order valence-corrected chi connectivity index (χ2v) is 14.0. The first-order chi connectivity index (χ1) is 27.7. The van der Waals surface area contributed by atoms with Crippen molar-refractivity contribution in [1.82, 2.24) is 19.5 Å². The highest BCUT2D eigenvalue weighted by atomic mass is 16.3.